The van der Waals surface area contributed by atoms with E-state index in [0.717, 1.165) is 56.1 Å². The van der Waals surface area contributed by atoms with Gasteiger partial charge in [0, 0.05) is 18.8 Å². The van der Waals surface area contributed by atoms with Crippen LogP contribution in [0, 0.1) is 50.7 Å². The molecule has 37 heavy (non-hydrogen) atoms. The van der Waals surface area contributed by atoms with E-state index in [4.69, 9.17) is 4.74 Å². The summed E-state index contributed by atoms with van der Waals surface area (Å²) in [5.74, 6) is 0.341. The fraction of sp³-hybridized carbons (Fsp3) is 0.844. The number of carboxylic acids is 1. The van der Waals surface area contributed by atoms with Crippen molar-refractivity contribution in [3.05, 3.63) is 11.1 Å². The zero-order valence-electron chi connectivity index (χ0n) is 24.3. The first-order valence-electron chi connectivity index (χ1n) is 14.7. The van der Waals surface area contributed by atoms with E-state index in [1.165, 1.54) is 6.92 Å². The molecule has 0 spiro atoms. The molecule has 5 unspecified atom stereocenters. The normalized spacial score (nSPS) is 46.6. The maximum absolute atomic E-state index is 13.3. The molecule has 0 amide bonds. The monoisotopic (exact) mass is 512 g/mol. The number of Topliss-reactive ketones (excluding diaryl/α,β-unsaturated/α-hetero) is 1. The number of hydrogen-bond donors (Lipinski definition) is 1. The summed E-state index contributed by atoms with van der Waals surface area (Å²) in [6.07, 6.45) is 7.82. The largest absolute Gasteiger partial charge is 0.481 e. The Hall–Kier alpha value is -1.65. The Kier molecular flexibility index (Phi) is 5.95. The van der Waals surface area contributed by atoms with Crippen molar-refractivity contribution in [3.8, 4) is 0 Å². The van der Waals surface area contributed by atoms with Gasteiger partial charge in [0.25, 0.3) is 0 Å². The third-order valence-electron chi connectivity index (χ3n) is 13.1. The zero-order valence-corrected chi connectivity index (χ0v) is 24.3. The van der Waals surface area contributed by atoms with Crippen LogP contribution in [0.15, 0.2) is 11.1 Å². The summed E-state index contributed by atoms with van der Waals surface area (Å²) in [7, 11) is 0. The van der Waals surface area contributed by atoms with Gasteiger partial charge in [-0.2, -0.15) is 0 Å². The van der Waals surface area contributed by atoms with Gasteiger partial charge >= 0.3 is 11.9 Å². The predicted molar refractivity (Wildman–Crippen MR) is 143 cm³/mol. The lowest BCUT2D eigenvalue weighted by Gasteiger charge is -2.72. The van der Waals surface area contributed by atoms with E-state index in [-0.39, 0.29) is 57.8 Å². The van der Waals surface area contributed by atoms with Crippen LogP contribution >= 0.6 is 0 Å². The average molecular weight is 513 g/mol. The summed E-state index contributed by atoms with van der Waals surface area (Å²) in [5, 5.41) is 10.5. The van der Waals surface area contributed by atoms with Crippen LogP contribution in [-0.2, 0) is 19.1 Å². The molecule has 5 aliphatic rings. The standard InChI is InChI=1S/C32H48O5/c1-18(2)25-21(34)17-32(27(35)36)16-15-30(7)20(26(25)32)9-10-23-29(6)13-12-24(37-19(3)33)28(4,5)22(29)11-14-31(23,30)8/h18,20,22-24H,9-17H2,1-8H3,(H,35,36)/t20?,22?,23?,24?,29-,30+,31+,32?/m0/s1. The second kappa shape index (κ2) is 8.18. The minimum atomic E-state index is -0.991. The van der Waals surface area contributed by atoms with Gasteiger partial charge in [-0.15, -0.1) is 0 Å². The van der Waals surface area contributed by atoms with Crippen LogP contribution in [0.25, 0.3) is 0 Å². The average Bonchev–Trinajstić information content (AvgIpc) is 3.09. The number of ketones is 1. The van der Waals surface area contributed by atoms with E-state index in [9.17, 15) is 19.5 Å². The molecular formula is C32H48O5. The zero-order chi connectivity index (χ0) is 27.3. The van der Waals surface area contributed by atoms with Crippen LogP contribution in [0.1, 0.15) is 113 Å². The maximum atomic E-state index is 13.3. The lowest BCUT2D eigenvalue weighted by atomic mass is 9.33. The van der Waals surface area contributed by atoms with Gasteiger partial charge in [-0.1, -0.05) is 48.5 Å². The maximum Gasteiger partial charge on any atom is 0.314 e. The minimum Gasteiger partial charge on any atom is -0.481 e. The molecule has 0 aromatic carbocycles. The topological polar surface area (TPSA) is 80.7 Å². The summed E-state index contributed by atoms with van der Waals surface area (Å²) in [5.41, 5.74) is 0.992. The Labute approximate surface area is 223 Å². The Bertz CT molecular complexity index is 1070. The third-order valence-corrected chi connectivity index (χ3v) is 13.1. The number of esters is 1. The highest BCUT2D eigenvalue weighted by atomic mass is 16.5. The molecule has 0 aliphatic heterocycles. The van der Waals surface area contributed by atoms with Gasteiger partial charge in [0.05, 0.1) is 5.41 Å². The first-order valence-corrected chi connectivity index (χ1v) is 14.7. The number of fused-ring (bicyclic) bond motifs is 7. The van der Waals surface area contributed by atoms with E-state index < -0.39 is 11.4 Å². The van der Waals surface area contributed by atoms with Crippen molar-refractivity contribution < 1.29 is 24.2 Å². The number of aliphatic carboxylic acids is 1. The lowest BCUT2D eigenvalue weighted by molar-refractivity contribution is -0.233. The second-order valence-corrected chi connectivity index (χ2v) is 15.0. The first kappa shape index (κ1) is 26.9. The van der Waals surface area contributed by atoms with Gasteiger partial charge in [0.1, 0.15) is 6.10 Å². The first-order chi connectivity index (χ1) is 17.1. The second-order valence-electron chi connectivity index (χ2n) is 15.0. The molecule has 0 saturated heterocycles. The summed E-state index contributed by atoms with van der Waals surface area (Å²) in [6, 6.07) is 0. The number of rotatable bonds is 3. The highest BCUT2D eigenvalue weighted by Crippen LogP contribution is 2.76. The molecule has 5 heteroatoms. The van der Waals surface area contributed by atoms with Crippen LogP contribution in [-0.4, -0.2) is 28.9 Å². The van der Waals surface area contributed by atoms with Gasteiger partial charge in [0.2, 0.25) is 0 Å². The van der Waals surface area contributed by atoms with E-state index in [0.29, 0.717) is 18.3 Å². The summed E-state index contributed by atoms with van der Waals surface area (Å²) >= 11 is 0. The molecule has 5 aliphatic carbocycles. The van der Waals surface area contributed by atoms with Crippen LogP contribution in [0.4, 0.5) is 0 Å². The van der Waals surface area contributed by atoms with Gasteiger partial charge < -0.3 is 9.84 Å². The van der Waals surface area contributed by atoms with Crippen molar-refractivity contribution in [2.75, 3.05) is 0 Å². The Morgan fingerprint density at radius 3 is 2.16 bits per heavy atom. The Morgan fingerprint density at radius 1 is 0.892 bits per heavy atom. The highest BCUT2D eigenvalue weighted by Gasteiger charge is 2.71. The summed E-state index contributed by atoms with van der Waals surface area (Å²) < 4.78 is 5.86. The summed E-state index contributed by atoms with van der Waals surface area (Å²) in [6.45, 7) is 17.7. The van der Waals surface area contributed by atoms with Crippen LogP contribution in [0.3, 0.4) is 0 Å². The Balaban J connectivity index is 1.57. The number of carbonyl (C=O) groups excluding carboxylic acids is 2. The molecule has 0 radical (unpaired) electrons. The molecule has 0 aromatic heterocycles. The smallest absolute Gasteiger partial charge is 0.314 e. The Morgan fingerprint density at radius 2 is 1.57 bits per heavy atom. The molecule has 4 fully saturated rings. The van der Waals surface area contributed by atoms with Crippen molar-refractivity contribution in [1.29, 1.82) is 0 Å². The van der Waals surface area contributed by atoms with Crippen molar-refractivity contribution in [1.82, 2.24) is 0 Å². The number of hydrogen-bond acceptors (Lipinski definition) is 4. The van der Waals surface area contributed by atoms with Crippen molar-refractivity contribution in [2.24, 2.45) is 50.7 Å². The van der Waals surface area contributed by atoms with Crippen molar-refractivity contribution in [3.63, 3.8) is 0 Å². The molecule has 5 nitrogen and oxygen atoms in total. The van der Waals surface area contributed by atoms with Gasteiger partial charge in [0.15, 0.2) is 5.78 Å². The van der Waals surface area contributed by atoms with Gasteiger partial charge in [-0.25, -0.2) is 0 Å². The molecular weight excluding hydrogens is 464 g/mol. The third kappa shape index (κ3) is 3.30. The molecule has 1 N–H and O–H groups in total. The van der Waals surface area contributed by atoms with Gasteiger partial charge in [-0.05, 0) is 102 Å². The minimum absolute atomic E-state index is 0.0280. The van der Waals surface area contributed by atoms with Crippen molar-refractivity contribution >= 4 is 17.7 Å². The van der Waals surface area contributed by atoms with Crippen LogP contribution in [0.2, 0.25) is 0 Å². The highest BCUT2D eigenvalue weighted by molar-refractivity contribution is 6.05. The molecule has 0 heterocycles. The predicted octanol–water partition coefficient (Wildman–Crippen LogP) is 6.98. The number of allylic oxidation sites excluding steroid dienone is 1. The fourth-order valence-corrected chi connectivity index (χ4v) is 11.3. The number of ether oxygens (including phenoxy) is 1. The van der Waals surface area contributed by atoms with Crippen LogP contribution in [0.5, 0.6) is 0 Å². The van der Waals surface area contributed by atoms with Gasteiger partial charge in [-0.3, -0.25) is 14.4 Å². The lowest BCUT2D eigenvalue weighted by Crippen LogP contribution is -2.66. The molecule has 0 bridgehead atoms. The van der Waals surface area contributed by atoms with E-state index in [2.05, 4.69) is 48.5 Å². The molecule has 8 atom stereocenters. The summed E-state index contributed by atoms with van der Waals surface area (Å²) in [4.78, 5) is 38.0. The molecule has 206 valence electrons. The van der Waals surface area contributed by atoms with E-state index >= 15 is 0 Å². The molecule has 4 saturated carbocycles. The van der Waals surface area contributed by atoms with E-state index in [1.807, 2.05) is 0 Å². The molecule has 0 aromatic rings. The SMILES string of the molecule is CC(=O)OC1CC[C@@]2(C)C(CC[C@]3(C)C2CCC2C4=C(C(C)C)C(=O)CC4(C(=O)O)CC[C@]23C)C1(C)C. The number of carboxylic acid groups (broad SMARTS) is 1. The fourth-order valence-electron chi connectivity index (χ4n) is 11.3. The number of carbonyl (C=O) groups is 3. The van der Waals surface area contributed by atoms with Crippen LogP contribution < -0.4 is 0 Å². The van der Waals surface area contributed by atoms with Crippen molar-refractivity contribution in [2.45, 2.75) is 119 Å². The van der Waals surface area contributed by atoms with E-state index in [1.54, 1.807) is 0 Å². The molecule has 5 rings (SSSR count). The quantitative estimate of drug-likeness (QED) is 0.413.